The molecule has 0 bridgehead atoms. The SMILES string of the molecule is CCOC(=O)c1ccccc1OC(=O)SC[C@H](NC(C)=O)C(=O)O. The van der Waals surface area contributed by atoms with Gasteiger partial charge in [-0.15, -0.1) is 0 Å². The van der Waals surface area contributed by atoms with Gasteiger partial charge in [0.25, 0.3) is 0 Å². The van der Waals surface area contributed by atoms with Crippen LogP contribution in [0, 0.1) is 0 Å². The number of carboxylic acid groups (broad SMARTS) is 1. The highest BCUT2D eigenvalue weighted by molar-refractivity contribution is 8.13. The average Bonchev–Trinajstić information content (AvgIpc) is 2.51. The van der Waals surface area contributed by atoms with E-state index in [0.717, 1.165) is 0 Å². The van der Waals surface area contributed by atoms with Crippen molar-refractivity contribution in [3.63, 3.8) is 0 Å². The van der Waals surface area contributed by atoms with Gasteiger partial charge in [-0.25, -0.2) is 14.4 Å². The number of ether oxygens (including phenoxy) is 2. The van der Waals surface area contributed by atoms with Crippen LogP contribution < -0.4 is 10.1 Å². The second-order valence-electron chi connectivity index (χ2n) is 4.47. The molecule has 0 radical (unpaired) electrons. The number of para-hydroxylation sites is 1. The van der Waals surface area contributed by atoms with E-state index in [4.69, 9.17) is 14.6 Å². The molecule has 9 heteroatoms. The molecule has 0 saturated carbocycles. The van der Waals surface area contributed by atoms with Crippen LogP contribution in [0.4, 0.5) is 4.79 Å². The average molecular weight is 355 g/mol. The summed E-state index contributed by atoms with van der Waals surface area (Å²) in [6.45, 7) is 3.00. The van der Waals surface area contributed by atoms with Crippen molar-refractivity contribution in [3.8, 4) is 5.75 Å². The van der Waals surface area contributed by atoms with E-state index in [1.165, 1.54) is 19.1 Å². The number of hydrogen-bond donors (Lipinski definition) is 2. The van der Waals surface area contributed by atoms with E-state index < -0.39 is 29.2 Å². The Kier molecular flexibility index (Phi) is 7.76. The molecule has 0 spiro atoms. The first-order valence-electron chi connectivity index (χ1n) is 6.95. The third kappa shape index (κ3) is 6.29. The van der Waals surface area contributed by atoms with E-state index in [0.29, 0.717) is 11.8 Å². The largest absolute Gasteiger partial charge is 0.480 e. The van der Waals surface area contributed by atoms with Crippen molar-refractivity contribution >= 4 is 34.9 Å². The van der Waals surface area contributed by atoms with Gasteiger partial charge in [0, 0.05) is 12.7 Å². The highest BCUT2D eigenvalue weighted by Gasteiger charge is 2.22. The molecular formula is C15H17NO7S. The Labute approximate surface area is 142 Å². The predicted molar refractivity (Wildman–Crippen MR) is 86.1 cm³/mol. The van der Waals surface area contributed by atoms with Gasteiger partial charge in [0.1, 0.15) is 17.4 Å². The molecule has 1 rings (SSSR count). The normalized spacial score (nSPS) is 11.2. The third-order valence-electron chi connectivity index (χ3n) is 2.62. The van der Waals surface area contributed by atoms with Crippen LogP contribution in [0.25, 0.3) is 0 Å². The molecule has 0 unspecified atom stereocenters. The number of carboxylic acids is 1. The summed E-state index contributed by atoms with van der Waals surface area (Å²) < 4.78 is 9.93. The van der Waals surface area contributed by atoms with E-state index in [2.05, 4.69) is 5.32 Å². The highest BCUT2D eigenvalue weighted by atomic mass is 32.2. The first kappa shape index (κ1) is 19.5. The molecule has 0 aliphatic heterocycles. The standard InChI is InChI=1S/C15H17NO7S/c1-3-22-14(20)10-6-4-5-7-12(10)23-15(21)24-8-11(13(18)19)16-9(2)17/h4-7,11H,3,8H2,1-2H3,(H,16,17)(H,18,19)/t11-/m0/s1. The fourth-order valence-electron chi connectivity index (χ4n) is 1.62. The maximum absolute atomic E-state index is 11.8. The van der Waals surface area contributed by atoms with Gasteiger partial charge in [0.2, 0.25) is 5.91 Å². The molecule has 2 N–H and O–H groups in total. The summed E-state index contributed by atoms with van der Waals surface area (Å²) in [5, 5.41) is 10.4. The number of rotatable bonds is 7. The smallest absolute Gasteiger partial charge is 0.372 e. The number of thioether (sulfide) groups is 1. The molecule has 1 atom stereocenters. The molecule has 24 heavy (non-hydrogen) atoms. The summed E-state index contributed by atoms with van der Waals surface area (Å²) in [5.74, 6) is -2.62. The third-order valence-corrected chi connectivity index (χ3v) is 3.44. The molecule has 0 aliphatic rings. The van der Waals surface area contributed by atoms with E-state index in [1.54, 1.807) is 19.1 Å². The van der Waals surface area contributed by atoms with Gasteiger partial charge in [0.05, 0.1) is 6.61 Å². The van der Waals surface area contributed by atoms with Crippen molar-refractivity contribution in [2.24, 2.45) is 0 Å². The maximum Gasteiger partial charge on any atom is 0.372 e. The van der Waals surface area contributed by atoms with Crippen molar-refractivity contribution < 1.29 is 33.8 Å². The number of aliphatic carboxylic acids is 1. The van der Waals surface area contributed by atoms with Gasteiger partial charge in [-0.3, -0.25) is 4.79 Å². The number of nitrogens with one attached hydrogen (secondary N) is 1. The van der Waals surface area contributed by atoms with Crippen molar-refractivity contribution in [1.29, 1.82) is 0 Å². The maximum atomic E-state index is 11.8. The molecule has 0 aromatic heterocycles. The van der Waals surface area contributed by atoms with Crippen molar-refractivity contribution in [1.82, 2.24) is 5.32 Å². The summed E-state index contributed by atoms with van der Waals surface area (Å²) in [4.78, 5) is 45.5. The molecule has 1 aromatic carbocycles. The zero-order valence-corrected chi connectivity index (χ0v) is 13.9. The molecular weight excluding hydrogens is 338 g/mol. The Hall–Kier alpha value is -2.55. The molecule has 0 fully saturated rings. The fourth-order valence-corrected chi connectivity index (χ4v) is 2.30. The summed E-state index contributed by atoms with van der Waals surface area (Å²) in [7, 11) is 0. The molecule has 130 valence electrons. The van der Waals surface area contributed by atoms with Crippen molar-refractivity contribution in [3.05, 3.63) is 29.8 Å². The Morgan fingerprint density at radius 3 is 2.50 bits per heavy atom. The molecule has 1 aromatic rings. The first-order chi connectivity index (χ1) is 11.3. The summed E-state index contributed by atoms with van der Waals surface area (Å²) in [6, 6.07) is 4.82. The van der Waals surface area contributed by atoms with Gasteiger partial charge in [-0.2, -0.15) is 0 Å². The van der Waals surface area contributed by atoms with Crippen LogP contribution >= 0.6 is 11.8 Å². The molecule has 0 heterocycles. The fraction of sp³-hybridized carbons (Fsp3) is 0.333. The van der Waals surface area contributed by atoms with E-state index in [-0.39, 0.29) is 23.7 Å². The second kappa shape index (κ2) is 9.56. The van der Waals surface area contributed by atoms with Gasteiger partial charge in [-0.1, -0.05) is 12.1 Å². The minimum absolute atomic E-state index is 0.0138. The number of esters is 1. The summed E-state index contributed by atoms with van der Waals surface area (Å²) in [6.07, 6.45) is 0. The Morgan fingerprint density at radius 1 is 1.25 bits per heavy atom. The van der Waals surface area contributed by atoms with Gasteiger partial charge >= 0.3 is 17.2 Å². The quantitative estimate of drug-likeness (QED) is 0.709. The lowest BCUT2D eigenvalue weighted by molar-refractivity contribution is -0.140. The van der Waals surface area contributed by atoms with Gasteiger partial charge in [0.15, 0.2) is 0 Å². The van der Waals surface area contributed by atoms with Crippen LogP contribution in [0.3, 0.4) is 0 Å². The van der Waals surface area contributed by atoms with Crippen LogP contribution in [-0.4, -0.2) is 46.7 Å². The van der Waals surface area contributed by atoms with E-state index >= 15 is 0 Å². The Bertz CT molecular complexity index is 632. The number of benzene rings is 1. The Morgan fingerprint density at radius 2 is 1.92 bits per heavy atom. The predicted octanol–water partition coefficient (Wildman–Crippen LogP) is 1.68. The van der Waals surface area contributed by atoms with Crippen LogP contribution in [0.5, 0.6) is 5.75 Å². The monoisotopic (exact) mass is 355 g/mol. The van der Waals surface area contributed by atoms with E-state index in [9.17, 15) is 19.2 Å². The molecule has 0 aliphatic carbocycles. The highest BCUT2D eigenvalue weighted by Crippen LogP contribution is 2.21. The van der Waals surface area contributed by atoms with Crippen molar-refractivity contribution in [2.45, 2.75) is 19.9 Å². The van der Waals surface area contributed by atoms with E-state index in [1.807, 2.05) is 0 Å². The summed E-state index contributed by atoms with van der Waals surface area (Å²) in [5.41, 5.74) is 0.0879. The van der Waals surface area contributed by atoms with Crippen LogP contribution in [0.2, 0.25) is 0 Å². The summed E-state index contributed by atoms with van der Waals surface area (Å²) >= 11 is 0.575. The lowest BCUT2D eigenvalue weighted by atomic mass is 10.2. The van der Waals surface area contributed by atoms with Crippen LogP contribution in [-0.2, 0) is 14.3 Å². The van der Waals surface area contributed by atoms with Crippen LogP contribution in [0.15, 0.2) is 24.3 Å². The number of hydrogen-bond acceptors (Lipinski definition) is 7. The molecule has 1 amide bonds. The second-order valence-corrected chi connectivity index (χ2v) is 5.43. The Balaban J connectivity index is 2.70. The number of carbonyl (C=O) groups excluding carboxylic acids is 3. The minimum atomic E-state index is -1.27. The van der Waals surface area contributed by atoms with Gasteiger partial charge < -0.3 is 19.9 Å². The number of carbonyl (C=O) groups is 4. The minimum Gasteiger partial charge on any atom is -0.480 e. The zero-order valence-electron chi connectivity index (χ0n) is 13.1. The lowest BCUT2D eigenvalue weighted by Gasteiger charge is -2.12. The van der Waals surface area contributed by atoms with Crippen molar-refractivity contribution in [2.75, 3.05) is 12.4 Å². The molecule has 0 saturated heterocycles. The van der Waals surface area contributed by atoms with Crippen LogP contribution in [0.1, 0.15) is 24.2 Å². The molecule has 8 nitrogen and oxygen atoms in total. The van der Waals surface area contributed by atoms with Gasteiger partial charge in [-0.05, 0) is 30.8 Å². The first-order valence-corrected chi connectivity index (χ1v) is 7.94. The topological polar surface area (TPSA) is 119 Å². The zero-order chi connectivity index (χ0) is 18.1. The lowest BCUT2D eigenvalue weighted by Crippen LogP contribution is -2.41. The number of amides is 1.